The molecule has 3 unspecified atom stereocenters. The smallest absolute Gasteiger partial charge is 0.314 e. The number of nitrogens with two attached hydrogens (primary N) is 1. The highest BCUT2D eigenvalue weighted by molar-refractivity contribution is 5.72. The van der Waals surface area contributed by atoms with E-state index in [-0.39, 0.29) is 23.6 Å². The van der Waals surface area contributed by atoms with Crippen LogP contribution in [-0.4, -0.2) is 47.8 Å². The van der Waals surface area contributed by atoms with Gasteiger partial charge in [0.05, 0.1) is 6.10 Å². The summed E-state index contributed by atoms with van der Waals surface area (Å²) in [6, 6.07) is -0.0648. The van der Waals surface area contributed by atoms with Crippen molar-refractivity contribution in [1.82, 2.24) is 10.2 Å². The maximum atomic E-state index is 11.5. The first kappa shape index (κ1) is 16.6. The van der Waals surface area contributed by atoms with Crippen LogP contribution < -0.4 is 11.1 Å². The topological polar surface area (TPSA) is 78.6 Å². The van der Waals surface area contributed by atoms with Gasteiger partial charge in [0.2, 0.25) is 0 Å². The van der Waals surface area contributed by atoms with E-state index in [1.54, 1.807) is 4.90 Å². The highest BCUT2D eigenvalue weighted by atomic mass is 16.3. The van der Waals surface area contributed by atoms with Crippen LogP contribution in [0.5, 0.6) is 0 Å². The first-order valence-electron chi connectivity index (χ1n) is 8.20. The molecule has 2 fully saturated rings. The van der Waals surface area contributed by atoms with Gasteiger partial charge in [0.15, 0.2) is 0 Å². The summed E-state index contributed by atoms with van der Waals surface area (Å²) in [6.07, 6.45) is 3.91. The Morgan fingerprint density at radius 3 is 2.57 bits per heavy atom. The van der Waals surface area contributed by atoms with Crippen LogP contribution in [0.25, 0.3) is 0 Å². The van der Waals surface area contributed by atoms with Crippen LogP contribution in [0, 0.1) is 17.3 Å². The summed E-state index contributed by atoms with van der Waals surface area (Å²) in [5.41, 5.74) is 5.69. The molecule has 3 atom stereocenters. The standard InChI is InChI=1S/C16H31N3O2/c1-16(2,3)10-18-13-6-11(7-14(20)12-4-5-12)8-19(9-13)15(17)21/h11-14,18,20H,4-10H2,1-3H3,(H2,17,21). The fraction of sp³-hybridized carbons (Fsp3) is 0.938. The molecule has 2 aliphatic rings. The molecule has 21 heavy (non-hydrogen) atoms. The van der Waals surface area contributed by atoms with Gasteiger partial charge in [0, 0.05) is 25.7 Å². The van der Waals surface area contributed by atoms with Gasteiger partial charge in [0.25, 0.3) is 0 Å². The van der Waals surface area contributed by atoms with Crippen LogP contribution >= 0.6 is 0 Å². The Bertz CT molecular complexity index is 363. The summed E-state index contributed by atoms with van der Waals surface area (Å²) in [6.45, 7) is 8.88. The summed E-state index contributed by atoms with van der Waals surface area (Å²) in [4.78, 5) is 13.3. The maximum absolute atomic E-state index is 11.5. The molecule has 2 rings (SSSR count). The third kappa shape index (κ3) is 5.47. The van der Waals surface area contributed by atoms with E-state index < -0.39 is 0 Å². The Labute approximate surface area is 128 Å². The van der Waals surface area contributed by atoms with E-state index in [4.69, 9.17) is 5.73 Å². The van der Waals surface area contributed by atoms with Crippen molar-refractivity contribution in [2.45, 2.75) is 58.6 Å². The van der Waals surface area contributed by atoms with Crippen LogP contribution in [0.2, 0.25) is 0 Å². The number of primary amides is 1. The highest BCUT2D eigenvalue weighted by Crippen LogP contribution is 2.36. The van der Waals surface area contributed by atoms with Crippen molar-refractivity contribution in [2.75, 3.05) is 19.6 Å². The number of hydrogen-bond donors (Lipinski definition) is 3. The van der Waals surface area contributed by atoms with Crippen molar-refractivity contribution in [1.29, 1.82) is 0 Å². The van der Waals surface area contributed by atoms with E-state index in [9.17, 15) is 9.90 Å². The number of nitrogens with one attached hydrogen (secondary N) is 1. The monoisotopic (exact) mass is 297 g/mol. The molecule has 4 N–H and O–H groups in total. The van der Waals surface area contributed by atoms with Gasteiger partial charge in [-0.25, -0.2) is 4.79 Å². The Kier molecular flexibility index (Phi) is 5.15. The van der Waals surface area contributed by atoms with Crippen LogP contribution in [-0.2, 0) is 0 Å². The molecule has 0 bridgehead atoms. The second-order valence-corrected chi connectivity index (χ2v) is 8.12. The first-order chi connectivity index (χ1) is 9.74. The normalized spacial score (nSPS) is 28.5. The number of urea groups is 1. The lowest BCUT2D eigenvalue weighted by Crippen LogP contribution is -2.54. The number of piperidine rings is 1. The van der Waals surface area contributed by atoms with E-state index in [0.717, 1.165) is 32.2 Å². The van der Waals surface area contributed by atoms with Gasteiger partial charge < -0.3 is 21.1 Å². The van der Waals surface area contributed by atoms with Gasteiger partial charge >= 0.3 is 6.03 Å². The zero-order valence-electron chi connectivity index (χ0n) is 13.6. The number of likely N-dealkylation sites (tertiary alicyclic amines) is 1. The molecule has 0 aromatic heterocycles. The van der Waals surface area contributed by atoms with Gasteiger partial charge in [0.1, 0.15) is 0 Å². The lowest BCUT2D eigenvalue weighted by molar-refractivity contribution is 0.0839. The molecule has 0 aromatic carbocycles. The number of aliphatic hydroxyl groups excluding tert-OH is 1. The van der Waals surface area contributed by atoms with Crippen LogP contribution in [0.1, 0.15) is 46.5 Å². The summed E-state index contributed by atoms with van der Waals surface area (Å²) in [7, 11) is 0. The molecule has 1 aliphatic carbocycles. The zero-order valence-corrected chi connectivity index (χ0v) is 13.6. The molecule has 0 spiro atoms. The van der Waals surface area contributed by atoms with Crippen molar-refractivity contribution < 1.29 is 9.90 Å². The Hall–Kier alpha value is -0.810. The molecule has 0 aromatic rings. The third-order valence-electron chi connectivity index (χ3n) is 4.51. The van der Waals surface area contributed by atoms with Crippen molar-refractivity contribution in [2.24, 2.45) is 23.0 Å². The molecule has 0 radical (unpaired) electrons. The van der Waals surface area contributed by atoms with Gasteiger partial charge in [-0.15, -0.1) is 0 Å². The fourth-order valence-corrected chi connectivity index (χ4v) is 3.17. The predicted molar refractivity (Wildman–Crippen MR) is 83.9 cm³/mol. The number of carbonyl (C=O) groups is 1. The summed E-state index contributed by atoms with van der Waals surface area (Å²) in [5.74, 6) is 0.842. The SMILES string of the molecule is CC(C)(C)CNC1CC(CC(O)C2CC2)CN(C(N)=O)C1. The van der Waals surface area contributed by atoms with Crippen molar-refractivity contribution in [3.8, 4) is 0 Å². The van der Waals surface area contributed by atoms with Gasteiger partial charge in [-0.2, -0.15) is 0 Å². The van der Waals surface area contributed by atoms with E-state index >= 15 is 0 Å². The number of rotatable bonds is 5. The average Bonchev–Trinajstić information content (AvgIpc) is 3.19. The van der Waals surface area contributed by atoms with Crippen molar-refractivity contribution >= 4 is 6.03 Å². The van der Waals surface area contributed by atoms with E-state index in [1.807, 2.05) is 0 Å². The predicted octanol–water partition coefficient (Wildman–Crippen LogP) is 1.55. The lowest BCUT2D eigenvalue weighted by atomic mass is 9.87. The molecule has 1 saturated carbocycles. The molecule has 2 amide bonds. The number of carbonyl (C=O) groups excluding carboxylic acids is 1. The molecule has 122 valence electrons. The highest BCUT2D eigenvalue weighted by Gasteiger charge is 2.35. The lowest BCUT2D eigenvalue weighted by Gasteiger charge is -2.39. The average molecular weight is 297 g/mol. The number of hydrogen-bond acceptors (Lipinski definition) is 3. The summed E-state index contributed by atoms with van der Waals surface area (Å²) < 4.78 is 0. The number of amides is 2. The van der Waals surface area contributed by atoms with E-state index in [0.29, 0.717) is 24.9 Å². The molecule has 5 nitrogen and oxygen atoms in total. The Morgan fingerprint density at radius 2 is 2.05 bits per heavy atom. The number of nitrogens with zero attached hydrogens (tertiary/aromatic N) is 1. The van der Waals surface area contributed by atoms with Gasteiger partial charge in [-0.1, -0.05) is 20.8 Å². The minimum Gasteiger partial charge on any atom is -0.393 e. The van der Waals surface area contributed by atoms with Crippen LogP contribution in [0.3, 0.4) is 0 Å². The fourth-order valence-electron chi connectivity index (χ4n) is 3.17. The summed E-state index contributed by atoms with van der Waals surface area (Å²) >= 11 is 0. The largest absolute Gasteiger partial charge is 0.393 e. The quantitative estimate of drug-likeness (QED) is 0.720. The maximum Gasteiger partial charge on any atom is 0.314 e. The molecular formula is C16H31N3O2. The second kappa shape index (κ2) is 6.53. The van der Waals surface area contributed by atoms with Gasteiger partial charge in [-0.3, -0.25) is 0 Å². The molecular weight excluding hydrogens is 266 g/mol. The minimum absolute atomic E-state index is 0.203. The zero-order chi connectivity index (χ0) is 15.6. The molecule has 1 saturated heterocycles. The molecule has 1 aliphatic heterocycles. The molecule has 1 heterocycles. The van der Waals surface area contributed by atoms with Crippen molar-refractivity contribution in [3.63, 3.8) is 0 Å². The second-order valence-electron chi connectivity index (χ2n) is 8.12. The van der Waals surface area contributed by atoms with Crippen molar-refractivity contribution in [3.05, 3.63) is 0 Å². The number of aliphatic hydroxyl groups is 1. The Balaban J connectivity index is 1.89. The van der Waals surface area contributed by atoms with Gasteiger partial charge in [-0.05, 0) is 42.9 Å². The third-order valence-corrected chi connectivity index (χ3v) is 4.51. The van der Waals surface area contributed by atoms with Crippen LogP contribution in [0.15, 0.2) is 0 Å². The first-order valence-corrected chi connectivity index (χ1v) is 8.20. The minimum atomic E-state index is -0.344. The molecule has 5 heteroatoms. The van der Waals surface area contributed by atoms with E-state index in [1.165, 1.54) is 0 Å². The van der Waals surface area contributed by atoms with E-state index in [2.05, 4.69) is 26.1 Å². The van der Waals surface area contributed by atoms with Crippen LogP contribution in [0.4, 0.5) is 4.79 Å². The summed E-state index contributed by atoms with van der Waals surface area (Å²) in [5, 5.41) is 13.7. The Morgan fingerprint density at radius 1 is 1.38 bits per heavy atom.